The number of hydrogen-bond acceptors (Lipinski definition) is 5. The van der Waals surface area contributed by atoms with Crippen LogP contribution in [0.2, 0.25) is 5.02 Å². The summed E-state index contributed by atoms with van der Waals surface area (Å²) in [6.45, 7) is 0. The molecule has 0 bridgehead atoms. The van der Waals surface area contributed by atoms with E-state index in [0.717, 1.165) is 25.7 Å². The number of anilines is 1. The number of aromatic nitrogens is 1. The third-order valence-electron chi connectivity index (χ3n) is 3.73. The minimum Gasteiger partial charge on any atom is -0.369 e. The van der Waals surface area contributed by atoms with E-state index in [1.165, 1.54) is 12.3 Å². The quantitative estimate of drug-likeness (QED) is 0.504. The van der Waals surface area contributed by atoms with Crippen molar-refractivity contribution in [2.24, 2.45) is 11.7 Å². The SMILES string of the molecule is NC(=O)[C@H]1CCCCC[C@H]1Nc1ncc(Cl)cc1[N+](=O)[O-]. The van der Waals surface area contributed by atoms with Crippen LogP contribution in [0.3, 0.4) is 0 Å². The number of carbonyl (C=O) groups excluding carboxylic acids is 1. The van der Waals surface area contributed by atoms with Crippen LogP contribution in [0.25, 0.3) is 0 Å². The predicted molar refractivity (Wildman–Crippen MR) is 79.1 cm³/mol. The summed E-state index contributed by atoms with van der Waals surface area (Å²) in [6, 6.07) is 1.00. The van der Waals surface area contributed by atoms with Crippen LogP contribution in [0.5, 0.6) is 0 Å². The van der Waals surface area contributed by atoms with Crippen LogP contribution in [0.1, 0.15) is 32.1 Å². The van der Waals surface area contributed by atoms with E-state index in [1.54, 1.807) is 0 Å². The fourth-order valence-corrected chi connectivity index (χ4v) is 2.83. The molecular formula is C13H17ClN4O3. The molecule has 1 aliphatic carbocycles. The van der Waals surface area contributed by atoms with Gasteiger partial charge in [-0.25, -0.2) is 4.98 Å². The van der Waals surface area contributed by atoms with Gasteiger partial charge in [-0.1, -0.05) is 30.9 Å². The molecule has 0 aromatic carbocycles. The second kappa shape index (κ2) is 6.71. The summed E-state index contributed by atoms with van der Waals surface area (Å²) < 4.78 is 0. The van der Waals surface area contributed by atoms with Crippen LogP contribution < -0.4 is 11.1 Å². The average Bonchev–Trinajstić information content (AvgIpc) is 2.66. The summed E-state index contributed by atoms with van der Waals surface area (Å²) in [7, 11) is 0. The first kappa shape index (κ1) is 15.5. The highest BCUT2D eigenvalue weighted by Gasteiger charge is 2.30. The number of amides is 1. The Bertz CT molecular complexity index is 552. The molecule has 3 N–H and O–H groups in total. The van der Waals surface area contributed by atoms with Gasteiger partial charge in [0.05, 0.1) is 15.9 Å². The van der Waals surface area contributed by atoms with E-state index < -0.39 is 4.92 Å². The van der Waals surface area contributed by atoms with Gasteiger partial charge in [-0.2, -0.15) is 0 Å². The van der Waals surface area contributed by atoms with Crippen LogP contribution in [0, 0.1) is 16.0 Å². The normalized spacial score (nSPS) is 22.3. The zero-order chi connectivity index (χ0) is 15.4. The maximum Gasteiger partial charge on any atom is 0.312 e. The number of halogens is 1. The average molecular weight is 313 g/mol. The molecule has 114 valence electrons. The Morgan fingerprint density at radius 3 is 2.81 bits per heavy atom. The number of hydrogen-bond donors (Lipinski definition) is 2. The largest absolute Gasteiger partial charge is 0.369 e. The molecule has 0 aliphatic heterocycles. The summed E-state index contributed by atoms with van der Waals surface area (Å²) in [6.07, 6.45) is 5.67. The van der Waals surface area contributed by atoms with E-state index in [2.05, 4.69) is 10.3 Å². The first-order chi connectivity index (χ1) is 9.99. The molecule has 1 amide bonds. The van der Waals surface area contributed by atoms with E-state index in [1.807, 2.05) is 0 Å². The standard InChI is InChI=1S/C13H17ClN4O3/c14-8-6-11(18(20)21)13(16-7-8)17-10-5-3-1-2-4-9(10)12(15)19/h6-7,9-10H,1-5H2,(H2,15,19)(H,16,17)/t9-,10+/m0/s1. The molecule has 2 rings (SSSR count). The molecule has 1 aromatic rings. The second-order valence-electron chi connectivity index (χ2n) is 5.18. The molecule has 0 saturated heterocycles. The van der Waals surface area contributed by atoms with Gasteiger partial charge in [0.25, 0.3) is 0 Å². The Hall–Kier alpha value is -1.89. The highest BCUT2D eigenvalue weighted by atomic mass is 35.5. The zero-order valence-electron chi connectivity index (χ0n) is 11.4. The molecule has 1 aromatic heterocycles. The summed E-state index contributed by atoms with van der Waals surface area (Å²) in [5.41, 5.74) is 5.25. The number of nitrogens with two attached hydrogens (primary N) is 1. The number of rotatable bonds is 4. The van der Waals surface area contributed by atoms with Crippen molar-refractivity contribution in [3.8, 4) is 0 Å². The van der Waals surface area contributed by atoms with E-state index in [4.69, 9.17) is 17.3 Å². The van der Waals surface area contributed by atoms with Crippen molar-refractivity contribution in [3.05, 3.63) is 27.4 Å². The Morgan fingerprint density at radius 1 is 1.43 bits per heavy atom. The summed E-state index contributed by atoms with van der Waals surface area (Å²) in [5.74, 6) is -0.599. The Morgan fingerprint density at radius 2 is 2.14 bits per heavy atom. The number of pyridine rings is 1. The number of primary amides is 1. The maximum atomic E-state index is 11.6. The van der Waals surface area contributed by atoms with E-state index in [0.29, 0.717) is 6.42 Å². The molecule has 21 heavy (non-hydrogen) atoms. The van der Waals surface area contributed by atoms with Crippen molar-refractivity contribution in [2.75, 3.05) is 5.32 Å². The van der Waals surface area contributed by atoms with Crippen LogP contribution >= 0.6 is 11.6 Å². The Kier molecular flexibility index (Phi) is 4.95. The maximum absolute atomic E-state index is 11.6. The smallest absolute Gasteiger partial charge is 0.312 e. The Labute approximate surface area is 127 Å². The lowest BCUT2D eigenvalue weighted by Crippen LogP contribution is -2.38. The predicted octanol–water partition coefficient (Wildman–Crippen LogP) is 2.49. The molecule has 1 aliphatic rings. The zero-order valence-corrected chi connectivity index (χ0v) is 12.2. The van der Waals surface area contributed by atoms with Crippen LogP contribution in [0.4, 0.5) is 11.5 Å². The van der Waals surface area contributed by atoms with Gasteiger partial charge in [0.15, 0.2) is 0 Å². The van der Waals surface area contributed by atoms with Crippen molar-refractivity contribution in [1.82, 2.24) is 4.98 Å². The molecule has 0 spiro atoms. The van der Waals surface area contributed by atoms with Gasteiger partial charge in [0.2, 0.25) is 11.7 Å². The third-order valence-corrected chi connectivity index (χ3v) is 3.94. The van der Waals surface area contributed by atoms with Crippen LogP contribution in [-0.2, 0) is 4.79 Å². The van der Waals surface area contributed by atoms with Gasteiger partial charge in [-0.15, -0.1) is 0 Å². The van der Waals surface area contributed by atoms with Gasteiger partial charge in [0, 0.05) is 18.3 Å². The molecule has 2 atom stereocenters. The third kappa shape index (κ3) is 3.81. The second-order valence-corrected chi connectivity index (χ2v) is 5.61. The minimum atomic E-state index is -0.544. The number of nitrogens with one attached hydrogen (secondary N) is 1. The lowest BCUT2D eigenvalue weighted by molar-refractivity contribution is -0.384. The van der Waals surface area contributed by atoms with Crippen LogP contribution in [0.15, 0.2) is 12.3 Å². The fourth-order valence-electron chi connectivity index (χ4n) is 2.68. The van der Waals surface area contributed by atoms with Crippen molar-refractivity contribution >= 4 is 29.0 Å². The first-order valence-corrected chi connectivity index (χ1v) is 7.22. The van der Waals surface area contributed by atoms with Gasteiger partial charge < -0.3 is 11.1 Å². The van der Waals surface area contributed by atoms with E-state index >= 15 is 0 Å². The van der Waals surface area contributed by atoms with E-state index in [-0.39, 0.29) is 34.4 Å². The Balaban J connectivity index is 2.26. The molecule has 8 heteroatoms. The number of nitro groups is 1. The molecule has 0 radical (unpaired) electrons. The summed E-state index contributed by atoms with van der Waals surface area (Å²) in [5, 5.41) is 14.3. The molecule has 0 unspecified atom stereocenters. The first-order valence-electron chi connectivity index (χ1n) is 6.85. The van der Waals surface area contributed by atoms with Crippen molar-refractivity contribution < 1.29 is 9.72 Å². The van der Waals surface area contributed by atoms with Gasteiger partial charge in [-0.05, 0) is 12.8 Å². The lowest BCUT2D eigenvalue weighted by atomic mass is 9.94. The number of carbonyl (C=O) groups is 1. The molecule has 7 nitrogen and oxygen atoms in total. The van der Waals surface area contributed by atoms with Gasteiger partial charge in [-0.3, -0.25) is 14.9 Å². The van der Waals surface area contributed by atoms with Crippen molar-refractivity contribution in [3.63, 3.8) is 0 Å². The molecule has 1 fully saturated rings. The molecule has 1 saturated carbocycles. The molecule has 1 heterocycles. The fraction of sp³-hybridized carbons (Fsp3) is 0.538. The lowest BCUT2D eigenvalue weighted by Gasteiger charge is -2.23. The van der Waals surface area contributed by atoms with E-state index in [9.17, 15) is 14.9 Å². The highest BCUT2D eigenvalue weighted by Crippen LogP contribution is 2.30. The van der Waals surface area contributed by atoms with Gasteiger partial charge >= 0.3 is 5.69 Å². The van der Waals surface area contributed by atoms with Crippen LogP contribution in [-0.4, -0.2) is 21.9 Å². The van der Waals surface area contributed by atoms with Crippen molar-refractivity contribution in [2.45, 2.75) is 38.1 Å². The monoisotopic (exact) mass is 312 g/mol. The highest BCUT2D eigenvalue weighted by molar-refractivity contribution is 6.30. The number of nitrogens with zero attached hydrogens (tertiary/aromatic N) is 2. The van der Waals surface area contributed by atoms with Crippen molar-refractivity contribution in [1.29, 1.82) is 0 Å². The summed E-state index contributed by atoms with van der Waals surface area (Å²) >= 11 is 5.74. The van der Waals surface area contributed by atoms with Gasteiger partial charge in [0.1, 0.15) is 0 Å². The molecular weight excluding hydrogens is 296 g/mol. The minimum absolute atomic E-state index is 0.127. The topological polar surface area (TPSA) is 111 Å². The summed E-state index contributed by atoms with van der Waals surface area (Å²) in [4.78, 5) is 26.1.